The summed E-state index contributed by atoms with van der Waals surface area (Å²) in [7, 11) is 0. The number of hydrogen-bond acceptors (Lipinski definition) is 4. The molecule has 0 amide bonds. The lowest BCUT2D eigenvalue weighted by Crippen LogP contribution is -2.29. The molecule has 0 unspecified atom stereocenters. The fourth-order valence-electron chi connectivity index (χ4n) is 1.51. The number of benzene rings is 1. The molecule has 0 aromatic heterocycles. The number of halogens is 1. The lowest BCUT2D eigenvalue weighted by Gasteiger charge is -2.16. The minimum atomic E-state index is -1.16. The highest BCUT2D eigenvalue weighted by Gasteiger charge is 2.35. The van der Waals surface area contributed by atoms with Crippen LogP contribution in [0.2, 0.25) is 5.02 Å². The molecule has 1 aliphatic heterocycles. The van der Waals surface area contributed by atoms with Crippen LogP contribution in [-0.4, -0.2) is 16.9 Å². The van der Waals surface area contributed by atoms with Gasteiger partial charge in [-0.1, -0.05) is 11.6 Å². The molecule has 5 nitrogen and oxygen atoms in total. The van der Waals surface area contributed by atoms with Gasteiger partial charge in [-0.25, -0.2) is 4.79 Å². The van der Waals surface area contributed by atoms with Crippen LogP contribution in [0.3, 0.4) is 0 Å². The molecule has 6 heteroatoms. The summed E-state index contributed by atoms with van der Waals surface area (Å²) in [6.07, 6.45) is 0. The Morgan fingerprint density at radius 2 is 2.12 bits per heavy atom. The van der Waals surface area contributed by atoms with Gasteiger partial charge >= 0.3 is 5.97 Å². The molecule has 0 saturated heterocycles. The minimum absolute atomic E-state index is 0.0347. The SMILES string of the molecule is CC1(C)Oc2cc(C(=O)O)c(Cl)c(N)c2O1. The highest BCUT2D eigenvalue weighted by molar-refractivity contribution is 6.36. The molecule has 3 N–H and O–H groups in total. The van der Waals surface area contributed by atoms with Crippen molar-refractivity contribution in [1.29, 1.82) is 0 Å². The maximum atomic E-state index is 10.9. The van der Waals surface area contributed by atoms with Gasteiger partial charge in [0.05, 0.1) is 16.3 Å². The molecule has 1 aromatic rings. The van der Waals surface area contributed by atoms with E-state index in [4.69, 9.17) is 31.9 Å². The van der Waals surface area contributed by atoms with E-state index in [0.29, 0.717) is 11.5 Å². The lowest BCUT2D eigenvalue weighted by atomic mass is 10.1. The number of carboxylic acids is 1. The van der Waals surface area contributed by atoms with E-state index in [1.165, 1.54) is 6.07 Å². The van der Waals surface area contributed by atoms with Gasteiger partial charge in [-0.15, -0.1) is 0 Å². The second-order valence-electron chi connectivity index (χ2n) is 3.89. The Morgan fingerprint density at radius 3 is 2.69 bits per heavy atom. The van der Waals surface area contributed by atoms with Crippen molar-refractivity contribution in [3.8, 4) is 11.5 Å². The van der Waals surface area contributed by atoms with E-state index in [9.17, 15) is 4.79 Å². The third-order valence-corrected chi connectivity index (χ3v) is 2.56. The molecule has 0 spiro atoms. The van der Waals surface area contributed by atoms with Crippen LogP contribution in [0.5, 0.6) is 11.5 Å². The highest BCUT2D eigenvalue weighted by atomic mass is 35.5. The number of carboxylic acid groups (broad SMARTS) is 1. The quantitative estimate of drug-likeness (QED) is 0.739. The normalized spacial score (nSPS) is 16.2. The molecule has 2 rings (SSSR count). The molecule has 0 bridgehead atoms. The van der Waals surface area contributed by atoms with Gasteiger partial charge < -0.3 is 20.3 Å². The fraction of sp³-hybridized carbons (Fsp3) is 0.300. The van der Waals surface area contributed by atoms with Crippen LogP contribution in [0, 0.1) is 0 Å². The van der Waals surface area contributed by atoms with Gasteiger partial charge in [0, 0.05) is 19.9 Å². The van der Waals surface area contributed by atoms with Crippen LogP contribution < -0.4 is 15.2 Å². The van der Waals surface area contributed by atoms with Crippen LogP contribution >= 0.6 is 11.6 Å². The number of carbonyl (C=O) groups is 1. The van der Waals surface area contributed by atoms with E-state index >= 15 is 0 Å². The zero-order valence-electron chi connectivity index (χ0n) is 8.70. The van der Waals surface area contributed by atoms with Gasteiger partial charge in [-0.2, -0.15) is 0 Å². The summed E-state index contributed by atoms with van der Waals surface area (Å²) in [5.74, 6) is -1.44. The van der Waals surface area contributed by atoms with Crippen molar-refractivity contribution in [2.75, 3.05) is 5.73 Å². The molecule has 1 heterocycles. The molecule has 86 valence electrons. The number of nitrogen functional groups attached to an aromatic ring is 1. The van der Waals surface area contributed by atoms with Gasteiger partial charge in [0.15, 0.2) is 11.5 Å². The number of anilines is 1. The minimum Gasteiger partial charge on any atom is -0.478 e. The summed E-state index contributed by atoms with van der Waals surface area (Å²) in [6, 6.07) is 1.31. The number of rotatable bonds is 1. The monoisotopic (exact) mass is 243 g/mol. The van der Waals surface area contributed by atoms with Crippen molar-refractivity contribution in [2.24, 2.45) is 0 Å². The van der Waals surface area contributed by atoms with E-state index in [1.807, 2.05) is 0 Å². The first kappa shape index (κ1) is 10.9. The van der Waals surface area contributed by atoms with Gasteiger partial charge in [0.25, 0.3) is 0 Å². The first-order chi connectivity index (χ1) is 7.32. The molecular weight excluding hydrogens is 234 g/mol. The summed E-state index contributed by atoms with van der Waals surface area (Å²) < 4.78 is 10.8. The van der Waals surface area contributed by atoms with Crippen molar-refractivity contribution in [3.05, 3.63) is 16.7 Å². The molecule has 0 atom stereocenters. The Kier molecular flexibility index (Phi) is 2.17. The summed E-state index contributed by atoms with van der Waals surface area (Å²) in [4.78, 5) is 10.9. The Hall–Kier alpha value is -1.62. The average Bonchev–Trinajstić information content (AvgIpc) is 2.46. The number of hydrogen-bond donors (Lipinski definition) is 2. The summed E-state index contributed by atoms with van der Waals surface area (Å²) in [5.41, 5.74) is 5.68. The molecule has 1 aromatic carbocycles. The molecule has 16 heavy (non-hydrogen) atoms. The van der Waals surface area contributed by atoms with E-state index < -0.39 is 11.8 Å². The predicted octanol–water partition coefficient (Wildman–Crippen LogP) is 2.13. The number of ether oxygens (including phenoxy) is 2. The van der Waals surface area contributed by atoms with Crippen molar-refractivity contribution in [2.45, 2.75) is 19.6 Å². The molecule has 0 radical (unpaired) electrons. The van der Waals surface area contributed by atoms with Crippen LogP contribution in [0.4, 0.5) is 5.69 Å². The Morgan fingerprint density at radius 1 is 1.50 bits per heavy atom. The second-order valence-corrected chi connectivity index (χ2v) is 4.27. The van der Waals surface area contributed by atoms with Gasteiger partial charge in [0.1, 0.15) is 0 Å². The first-order valence-corrected chi connectivity index (χ1v) is 4.93. The van der Waals surface area contributed by atoms with Crippen LogP contribution in [0.1, 0.15) is 24.2 Å². The standard InChI is InChI=1S/C10H10ClNO4/c1-10(2)15-5-3-4(9(13)14)6(11)7(12)8(5)16-10/h3H,12H2,1-2H3,(H,13,14). The third kappa shape index (κ3) is 1.53. The Bertz CT molecular complexity index is 484. The number of aromatic carboxylic acids is 1. The number of fused-ring (bicyclic) bond motifs is 1. The first-order valence-electron chi connectivity index (χ1n) is 4.55. The van der Waals surface area contributed by atoms with Crippen molar-refractivity contribution >= 4 is 23.3 Å². The smallest absolute Gasteiger partial charge is 0.337 e. The Labute approximate surface area is 96.7 Å². The van der Waals surface area contributed by atoms with E-state index in [2.05, 4.69) is 0 Å². The van der Waals surface area contributed by atoms with Crippen molar-refractivity contribution in [1.82, 2.24) is 0 Å². The summed E-state index contributed by atoms with van der Waals surface area (Å²) in [5, 5.41) is 8.88. The van der Waals surface area contributed by atoms with E-state index in [-0.39, 0.29) is 16.3 Å². The molecule has 0 saturated carbocycles. The second kappa shape index (κ2) is 3.18. The maximum Gasteiger partial charge on any atom is 0.337 e. The molecule has 1 aliphatic rings. The molecule has 0 fully saturated rings. The summed E-state index contributed by atoms with van der Waals surface area (Å²) in [6.45, 7) is 3.39. The van der Waals surface area contributed by atoms with Crippen LogP contribution in [-0.2, 0) is 0 Å². The fourth-order valence-corrected chi connectivity index (χ4v) is 1.73. The van der Waals surface area contributed by atoms with E-state index in [0.717, 1.165) is 0 Å². The lowest BCUT2D eigenvalue weighted by molar-refractivity contribution is -0.0429. The van der Waals surface area contributed by atoms with Crippen molar-refractivity contribution < 1.29 is 19.4 Å². The molecular formula is C10H10ClNO4. The van der Waals surface area contributed by atoms with E-state index in [1.54, 1.807) is 13.8 Å². The zero-order chi connectivity index (χ0) is 12.1. The van der Waals surface area contributed by atoms with Crippen LogP contribution in [0.25, 0.3) is 0 Å². The number of nitrogens with two attached hydrogens (primary N) is 1. The maximum absolute atomic E-state index is 10.9. The third-order valence-electron chi connectivity index (χ3n) is 2.15. The largest absolute Gasteiger partial charge is 0.478 e. The average molecular weight is 244 g/mol. The molecule has 0 aliphatic carbocycles. The van der Waals surface area contributed by atoms with Gasteiger partial charge in [-0.05, 0) is 0 Å². The predicted molar refractivity (Wildman–Crippen MR) is 58.2 cm³/mol. The van der Waals surface area contributed by atoms with Gasteiger partial charge in [0.2, 0.25) is 5.79 Å². The van der Waals surface area contributed by atoms with Gasteiger partial charge in [-0.3, -0.25) is 0 Å². The van der Waals surface area contributed by atoms with Crippen LogP contribution in [0.15, 0.2) is 6.07 Å². The summed E-state index contributed by atoms with van der Waals surface area (Å²) >= 11 is 5.82. The zero-order valence-corrected chi connectivity index (χ0v) is 9.46. The topological polar surface area (TPSA) is 81.8 Å². The highest BCUT2D eigenvalue weighted by Crippen LogP contribution is 2.47. The van der Waals surface area contributed by atoms with Crippen molar-refractivity contribution in [3.63, 3.8) is 0 Å². The Balaban J connectivity index is 2.62.